The summed E-state index contributed by atoms with van der Waals surface area (Å²) in [5.41, 5.74) is 1.93. The molecule has 0 spiro atoms. The Morgan fingerprint density at radius 1 is 1.50 bits per heavy atom. The zero-order valence-electron chi connectivity index (χ0n) is 11.4. The van der Waals surface area contributed by atoms with Gasteiger partial charge >= 0.3 is 0 Å². The molecule has 1 rings (SSSR count). The minimum atomic E-state index is -0.431. The van der Waals surface area contributed by atoms with Gasteiger partial charge in [-0.25, -0.2) is 5.84 Å². The molecule has 2 unspecified atom stereocenters. The molecule has 1 heterocycles. The fourth-order valence-electron chi connectivity index (χ4n) is 1.75. The first kappa shape index (κ1) is 15.4. The van der Waals surface area contributed by atoms with Crippen LogP contribution in [0.4, 0.5) is 0 Å². The third kappa shape index (κ3) is 4.89. The van der Waals surface area contributed by atoms with E-state index in [0.717, 1.165) is 12.8 Å². The van der Waals surface area contributed by atoms with Crippen molar-refractivity contribution in [3.8, 4) is 0 Å². The first-order valence-corrected chi connectivity index (χ1v) is 6.27. The van der Waals surface area contributed by atoms with Gasteiger partial charge in [-0.2, -0.15) is 0 Å². The number of nitrogens with two attached hydrogens (primary N) is 1. The maximum Gasteiger partial charge on any atom is 0.263 e. The van der Waals surface area contributed by atoms with Crippen LogP contribution in [-0.4, -0.2) is 44.0 Å². The van der Waals surface area contributed by atoms with E-state index in [-0.39, 0.29) is 17.6 Å². The summed E-state index contributed by atoms with van der Waals surface area (Å²) in [6.45, 7) is 5.16. The number of amides is 1. The minimum Gasteiger partial charge on any atom is -0.379 e. The summed E-state index contributed by atoms with van der Waals surface area (Å²) in [6, 6.07) is 0. The molecule has 1 aliphatic rings. The van der Waals surface area contributed by atoms with Gasteiger partial charge in [0, 0.05) is 13.7 Å². The number of carbonyl (C=O) groups is 1. The molecule has 6 heteroatoms. The number of nitrogens with one attached hydrogen (secondary N) is 1. The Balaban J connectivity index is 2.13. The second kappa shape index (κ2) is 7.04. The van der Waals surface area contributed by atoms with Crippen molar-refractivity contribution in [1.82, 2.24) is 5.43 Å². The quantitative estimate of drug-likeness (QED) is 0.299. The Hall–Kier alpha value is -0.690. The number of hydrazine groups is 1. The molecule has 1 aliphatic heterocycles. The molecule has 0 aromatic carbocycles. The van der Waals surface area contributed by atoms with Crippen molar-refractivity contribution in [2.24, 2.45) is 5.84 Å². The predicted molar refractivity (Wildman–Crippen MR) is 66.7 cm³/mol. The molecular weight excluding hydrogens is 236 g/mol. The lowest BCUT2D eigenvalue weighted by Gasteiger charge is -2.23. The molecule has 6 nitrogen and oxygen atoms in total. The maximum absolute atomic E-state index is 11.2. The van der Waals surface area contributed by atoms with Crippen molar-refractivity contribution in [3.63, 3.8) is 0 Å². The second-order valence-electron chi connectivity index (χ2n) is 5.12. The van der Waals surface area contributed by atoms with Crippen LogP contribution in [0.3, 0.4) is 0 Å². The van der Waals surface area contributed by atoms with E-state index in [1.807, 2.05) is 13.8 Å². The van der Waals surface area contributed by atoms with Gasteiger partial charge in [0.15, 0.2) is 0 Å². The number of carbonyl (C=O) groups excluding carboxylic acids is 1. The Bertz CT molecular complexity index is 271. The third-order valence-corrected chi connectivity index (χ3v) is 3.25. The average Bonchev–Trinajstić information content (AvgIpc) is 2.82. The van der Waals surface area contributed by atoms with Gasteiger partial charge in [0.05, 0.1) is 18.3 Å². The van der Waals surface area contributed by atoms with Crippen molar-refractivity contribution in [3.05, 3.63) is 0 Å². The van der Waals surface area contributed by atoms with Crippen LogP contribution in [0.5, 0.6) is 0 Å². The maximum atomic E-state index is 11.2. The van der Waals surface area contributed by atoms with Crippen molar-refractivity contribution in [2.75, 3.05) is 20.3 Å². The molecule has 1 fully saturated rings. The SMILES string of the molecule is COC(C)(C)CCOCC1CCC(C(=O)NN)O1. The van der Waals surface area contributed by atoms with Crippen molar-refractivity contribution >= 4 is 5.91 Å². The van der Waals surface area contributed by atoms with Crippen molar-refractivity contribution in [1.29, 1.82) is 0 Å². The van der Waals surface area contributed by atoms with Crippen LogP contribution in [0.2, 0.25) is 0 Å². The summed E-state index contributed by atoms with van der Waals surface area (Å²) in [5.74, 6) is 4.79. The average molecular weight is 260 g/mol. The zero-order chi connectivity index (χ0) is 13.6. The van der Waals surface area contributed by atoms with Gasteiger partial charge in [0.2, 0.25) is 0 Å². The molecule has 0 aromatic heterocycles. The number of hydrogen-bond donors (Lipinski definition) is 2. The van der Waals surface area contributed by atoms with E-state index in [0.29, 0.717) is 19.6 Å². The van der Waals surface area contributed by atoms with E-state index in [1.165, 1.54) is 0 Å². The van der Waals surface area contributed by atoms with E-state index in [1.54, 1.807) is 7.11 Å². The van der Waals surface area contributed by atoms with Gasteiger partial charge in [-0.3, -0.25) is 10.2 Å². The standard InChI is InChI=1S/C12H24N2O4/c1-12(2,16-3)6-7-17-8-9-4-5-10(18-9)11(15)14-13/h9-10H,4-8,13H2,1-3H3,(H,14,15). The molecule has 106 valence electrons. The van der Waals surface area contributed by atoms with E-state index in [4.69, 9.17) is 20.1 Å². The number of methoxy groups -OCH3 is 1. The molecule has 0 aliphatic carbocycles. The van der Waals surface area contributed by atoms with Crippen LogP contribution in [0.15, 0.2) is 0 Å². The summed E-state index contributed by atoms with van der Waals surface area (Å²) in [5, 5.41) is 0. The van der Waals surface area contributed by atoms with Crippen molar-refractivity contribution < 1.29 is 19.0 Å². The Kier molecular flexibility index (Phi) is 6.01. The monoisotopic (exact) mass is 260 g/mol. The highest BCUT2D eigenvalue weighted by Gasteiger charge is 2.30. The van der Waals surface area contributed by atoms with E-state index in [9.17, 15) is 4.79 Å². The summed E-state index contributed by atoms with van der Waals surface area (Å²) in [4.78, 5) is 11.2. The lowest BCUT2D eigenvalue weighted by molar-refractivity contribution is -0.133. The number of rotatable bonds is 7. The fraction of sp³-hybridized carbons (Fsp3) is 0.917. The molecule has 0 bridgehead atoms. The third-order valence-electron chi connectivity index (χ3n) is 3.25. The van der Waals surface area contributed by atoms with Crippen LogP contribution in [-0.2, 0) is 19.0 Å². The smallest absolute Gasteiger partial charge is 0.263 e. The molecule has 18 heavy (non-hydrogen) atoms. The Morgan fingerprint density at radius 2 is 2.22 bits per heavy atom. The predicted octanol–water partition coefficient (Wildman–Crippen LogP) is 0.356. The molecule has 3 N–H and O–H groups in total. The minimum absolute atomic E-state index is 0.0158. The van der Waals surface area contributed by atoms with E-state index >= 15 is 0 Å². The highest BCUT2D eigenvalue weighted by Crippen LogP contribution is 2.20. The summed E-state index contributed by atoms with van der Waals surface area (Å²) in [6.07, 6.45) is 1.90. The van der Waals surface area contributed by atoms with E-state index in [2.05, 4.69) is 5.43 Å². The fourth-order valence-corrected chi connectivity index (χ4v) is 1.75. The second-order valence-corrected chi connectivity index (χ2v) is 5.12. The molecular formula is C12H24N2O4. The lowest BCUT2D eigenvalue weighted by Crippen LogP contribution is -2.39. The normalized spacial score (nSPS) is 24.2. The van der Waals surface area contributed by atoms with Gasteiger partial charge in [-0.05, 0) is 33.1 Å². The first-order valence-electron chi connectivity index (χ1n) is 6.27. The molecule has 0 aromatic rings. The largest absolute Gasteiger partial charge is 0.379 e. The zero-order valence-corrected chi connectivity index (χ0v) is 11.4. The summed E-state index contributed by atoms with van der Waals surface area (Å²) >= 11 is 0. The van der Waals surface area contributed by atoms with Gasteiger partial charge in [0.1, 0.15) is 6.10 Å². The van der Waals surface area contributed by atoms with Gasteiger partial charge < -0.3 is 14.2 Å². The van der Waals surface area contributed by atoms with Gasteiger partial charge in [-0.15, -0.1) is 0 Å². The van der Waals surface area contributed by atoms with Crippen LogP contribution in [0.25, 0.3) is 0 Å². The van der Waals surface area contributed by atoms with Gasteiger partial charge in [0.25, 0.3) is 5.91 Å². The Morgan fingerprint density at radius 3 is 2.83 bits per heavy atom. The highest BCUT2D eigenvalue weighted by molar-refractivity contribution is 5.80. The molecule has 1 saturated heterocycles. The van der Waals surface area contributed by atoms with Crippen LogP contribution in [0.1, 0.15) is 33.1 Å². The Labute approximate surface area is 108 Å². The highest BCUT2D eigenvalue weighted by atomic mass is 16.5. The first-order chi connectivity index (χ1) is 8.48. The topological polar surface area (TPSA) is 82.8 Å². The summed E-state index contributed by atoms with van der Waals surface area (Å²) < 4.78 is 16.4. The molecule has 0 saturated carbocycles. The number of hydrogen-bond acceptors (Lipinski definition) is 5. The summed E-state index contributed by atoms with van der Waals surface area (Å²) in [7, 11) is 1.69. The van der Waals surface area contributed by atoms with Gasteiger partial charge in [-0.1, -0.05) is 0 Å². The van der Waals surface area contributed by atoms with Crippen LogP contribution < -0.4 is 11.3 Å². The van der Waals surface area contributed by atoms with Crippen molar-refractivity contribution in [2.45, 2.75) is 50.9 Å². The molecule has 1 amide bonds. The van der Waals surface area contributed by atoms with Crippen LogP contribution >= 0.6 is 0 Å². The lowest BCUT2D eigenvalue weighted by atomic mass is 10.1. The van der Waals surface area contributed by atoms with E-state index < -0.39 is 6.10 Å². The molecule has 0 radical (unpaired) electrons. The van der Waals surface area contributed by atoms with Crippen LogP contribution in [0, 0.1) is 0 Å². The molecule has 2 atom stereocenters. The number of ether oxygens (including phenoxy) is 3.